The molecule has 0 spiro atoms. The van der Waals surface area contributed by atoms with E-state index < -0.39 is 6.04 Å². The fraction of sp³-hybridized carbons (Fsp3) is 0.257. The Hall–Kier alpha value is -5.60. The van der Waals surface area contributed by atoms with Crippen molar-refractivity contribution in [3.8, 4) is 17.5 Å². The average molecular weight is 614 g/mol. The summed E-state index contributed by atoms with van der Waals surface area (Å²) in [6.45, 7) is 11.5. The Morgan fingerprint density at radius 2 is 1.85 bits per heavy atom. The van der Waals surface area contributed by atoms with Gasteiger partial charge in [-0.05, 0) is 57.3 Å². The molecule has 1 amide bonds. The number of carbonyl (C=O) groups is 1. The summed E-state index contributed by atoms with van der Waals surface area (Å²) in [7, 11) is 0. The first-order chi connectivity index (χ1) is 22.4. The van der Waals surface area contributed by atoms with Gasteiger partial charge in [0.05, 0.1) is 46.6 Å². The highest BCUT2D eigenvalue weighted by Gasteiger charge is 2.24. The fourth-order valence-corrected chi connectivity index (χ4v) is 5.54. The third-order valence-corrected chi connectivity index (χ3v) is 7.98. The lowest BCUT2D eigenvalue weighted by atomic mass is 10.1. The van der Waals surface area contributed by atoms with Crippen LogP contribution < -0.4 is 10.9 Å². The molecule has 6 rings (SSSR count). The number of rotatable bonds is 9. The van der Waals surface area contributed by atoms with Crippen molar-refractivity contribution >= 4 is 22.5 Å². The minimum Gasteiger partial charge on any atom is -0.342 e. The Labute approximate surface area is 266 Å². The maximum atomic E-state index is 14.3. The number of aryl methyl sites for hydroxylation is 1. The standard InChI is InChI=1S/C35H35N9O2/c1-5-41(6-2)20-21-42-23-26(22-37-42)16-17-27-12-10-15-29-31(27)35(46)44(28-13-8-7-9-14-28)32(39-29)25(4)38-34(45)30-24(3)40-43-19-11-18-36-33(30)43/h7-15,18-19,22-23,25H,5-6,20-21H2,1-4H3,(H,38,45)/t25-/m1/s1. The SMILES string of the molecule is CCN(CC)CCn1cc(C#Cc2cccc3nc([C@@H](C)NC(=O)c4c(C)nn5cccnc45)n(-c4ccccc4)c(=O)c23)cn1. The van der Waals surface area contributed by atoms with E-state index in [4.69, 9.17) is 4.98 Å². The van der Waals surface area contributed by atoms with E-state index >= 15 is 0 Å². The molecule has 0 unspecified atom stereocenters. The van der Waals surface area contributed by atoms with Crippen molar-refractivity contribution in [1.82, 2.24) is 44.1 Å². The Morgan fingerprint density at radius 1 is 1.04 bits per heavy atom. The number of para-hydroxylation sites is 1. The number of amides is 1. The molecule has 6 aromatic rings. The monoisotopic (exact) mass is 613 g/mol. The molecule has 0 aliphatic carbocycles. The number of benzene rings is 2. The van der Waals surface area contributed by atoms with Crippen LogP contribution in [-0.2, 0) is 6.54 Å². The first-order valence-corrected chi connectivity index (χ1v) is 15.4. The number of aromatic nitrogens is 7. The Morgan fingerprint density at radius 3 is 2.63 bits per heavy atom. The van der Waals surface area contributed by atoms with Crippen LogP contribution in [0, 0.1) is 18.8 Å². The van der Waals surface area contributed by atoms with Gasteiger partial charge in [-0.15, -0.1) is 0 Å². The van der Waals surface area contributed by atoms with Gasteiger partial charge < -0.3 is 10.2 Å². The van der Waals surface area contributed by atoms with Crippen LogP contribution in [0.15, 0.2) is 84.2 Å². The van der Waals surface area contributed by atoms with Gasteiger partial charge in [-0.25, -0.2) is 14.5 Å². The van der Waals surface area contributed by atoms with Gasteiger partial charge in [0.25, 0.3) is 11.5 Å². The second-order valence-electron chi connectivity index (χ2n) is 11.0. The summed E-state index contributed by atoms with van der Waals surface area (Å²) in [6, 6.07) is 15.8. The second kappa shape index (κ2) is 13.2. The van der Waals surface area contributed by atoms with Crippen molar-refractivity contribution in [3.05, 3.63) is 118 Å². The van der Waals surface area contributed by atoms with Crippen LogP contribution in [0.25, 0.3) is 22.2 Å². The number of fused-ring (bicyclic) bond motifs is 2. The third kappa shape index (κ3) is 6.03. The van der Waals surface area contributed by atoms with Crippen LogP contribution in [0.5, 0.6) is 0 Å². The number of likely N-dealkylation sites (N-methyl/N-ethyl adjacent to an activating group) is 1. The lowest BCUT2D eigenvalue weighted by Gasteiger charge is -2.20. The van der Waals surface area contributed by atoms with Crippen LogP contribution in [0.3, 0.4) is 0 Å². The van der Waals surface area contributed by atoms with Gasteiger partial charge in [-0.3, -0.25) is 18.8 Å². The second-order valence-corrected chi connectivity index (χ2v) is 11.0. The van der Waals surface area contributed by atoms with E-state index in [0.29, 0.717) is 44.9 Å². The van der Waals surface area contributed by atoms with E-state index in [9.17, 15) is 9.59 Å². The molecule has 0 saturated heterocycles. The number of hydrogen-bond donors (Lipinski definition) is 1. The van der Waals surface area contributed by atoms with Crippen molar-refractivity contribution < 1.29 is 4.79 Å². The molecule has 0 bridgehead atoms. The third-order valence-electron chi connectivity index (χ3n) is 7.98. The molecule has 4 heterocycles. The molecule has 0 radical (unpaired) electrons. The molecular weight excluding hydrogens is 578 g/mol. The predicted octanol–water partition coefficient (Wildman–Crippen LogP) is 4.17. The van der Waals surface area contributed by atoms with E-state index in [1.54, 1.807) is 53.7 Å². The fourth-order valence-electron chi connectivity index (χ4n) is 5.54. The molecule has 46 heavy (non-hydrogen) atoms. The average Bonchev–Trinajstić information content (AvgIpc) is 3.67. The zero-order valence-electron chi connectivity index (χ0n) is 26.3. The smallest absolute Gasteiger partial charge is 0.267 e. The normalized spacial score (nSPS) is 11.9. The topological polar surface area (TPSA) is 115 Å². The van der Waals surface area contributed by atoms with Crippen LogP contribution in [0.1, 0.15) is 59.8 Å². The summed E-state index contributed by atoms with van der Waals surface area (Å²) in [5.41, 5.74) is 3.54. The van der Waals surface area contributed by atoms with Gasteiger partial charge >= 0.3 is 0 Å². The number of hydrogen-bond acceptors (Lipinski definition) is 7. The zero-order valence-corrected chi connectivity index (χ0v) is 26.3. The van der Waals surface area contributed by atoms with Gasteiger partial charge in [-0.2, -0.15) is 10.2 Å². The summed E-state index contributed by atoms with van der Waals surface area (Å²) in [5, 5.41) is 12.3. The van der Waals surface area contributed by atoms with Gasteiger partial charge in [0.1, 0.15) is 11.4 Å². The quantitative estimate of drug-likeness (QED) is 0.244. The minimum atomic E-state index is -0.639. The predicted molar refractivity (Wildman–Crippen MR) is 177 cm³/mol. The van der Waals surface area contributed by atoms with Gasteiger partial charge in [0.15, 0.2) is 5.65 Å². The Bertz CT molecular complexity index is 2150. The Balaban J connectivity index is 1.37. The Kier molecular flexibility index (Phi) is 8.72. The van der Waals surface area contributed by atoms with Crippen molar-refractivity contribution in [2.24, 2.45) is 0 Å². The summed E-state index contributed by atoms with van der Waals surface area (Å²) in [6.07, 6.45) is 7.03. The van der Waals surface area contributed by atoms with Crippen LogP contribution >= 0.6 is 0 Å². The zero-order chi connectivity index (χ0) is 32.2. The van der Waals surface area contributed by atoms with Gasteiger partial charge in [0, 0.05) is 30.7 Å². The van der Waals surface area contributed by atoms with Crippen LogP contribution in [0.2, 0.25) is 0 Å². The highest BCUT2D eigenvalue weighted by Crippen LogP contribution is 2.21. The molecule has 1 N–H and O–H groups in total. The first-order valence-electron chi connectivity index (χ1n) is 15.4. The van der Waals surface area contributed by atoms with Crippen molar-refractivity contribution in [1.29, 1.82) is 0 Å². The number of carbonyl (C=O) groups excluding carboxylic acids is 1. The summed E-state index contributed by atoms with van der Waals surface area (Å²) >= 11 is 0. The molecule has 1 atom stereocenters. The van der Waals surface area contributed by atoms with E-state index in [2.05, 4.69) is 51.1 Å². The molecule has 4 aromatic heterocycles. The minimum absolute atomic E-state index is 0.277. The first kappa shape index (κ1) is 30.4. The van der Waals surface area contributed by atoms with Gasteiger partial charge in [-0.1, -0.05) is 50.0 Å². The molecule has 0 aliphatic heterocycles. The van der Waals surface area contributed by atoms with E-state index in [0.717, 1.165) is 31.7 Å². The molecule has 0 saturated carbocycles. The lowest BCUT2D eigenvalue weighted by Crippen LogP contribution is -2.33. The van der Waals surface area contributed by atoms with Crippen molar-refractivity contribution in [2.75, 3.05) is 19.6 Å². The van der Waals surface area contributed by atoms with E-state index in [1.165, 1.54) is 0 Å². The van der Waals surface area contributed by atoms with E-state index in [-0.39, 0.29) is 11.5 Å². The molecule has 232 valence electrons. The van der Waals surface area contributed by atoms with Crippen molar-refractivity contribution in [3.63, 3.8) is 0 Å². The highest BCUT2D eigenvalue weighted by molar-refractivity contribution is 6.01. The van der Waals surface area contributed by atoms with Crippen LogP contribution in [-0.4, -0.2) is 64.4 Å². The summed E-state index contributed by atoms with van der Waals surface area (Å²) in [5.74, 6) is 6.41. The maximum absolute atomic E-state index is 14.3. The van der Waals surface area contributed by atoms with Crippen LogP contribution in [0.4, 0.5) is 0 Å². The molecule has 2 aromatic carbocycles. The van der Waals surface area contributed by atoms with E-state index in [1.807, 2.05) is 53.3 Å². The summed E-state index contributed by atoms with van der Waals surface area (Å²) < 4.78 is 5.01. The number of nitrogens with one attached hydrogen (secondary N) is 1. The van der Waals surface area contributed by atoms with Crippen molar-refractivity contribution in [2.45, 2.75) is 40.3 Å². The summed E-state index contributed by atoms with van der Waals surface area (Å²) in [4.78, 5) is 39.5. The number of nitrogens with zero attached hydrogens (tertiary/aromatic N) is 8. The molecule has 0 fully saturated rings. The highest BCUT2D eigenvalue weighted by atomic mass is 16.2. The van der Waals surface area contributed by atoms with Gasteiger partial charge in [0.2, 0.25) is 0 Å². The molecule has 11 heteroatoms. The largest absolute Gasteiger partial charge is 0.342 e. The molecule has 11 nitrogen and oxygen atoms in total. The molecule has 0 aliphatic rings. The molecular formula is C35H35N9O2. The maximum Gasteiger partial charge on any atom is 0.267 e. The lowest BCUT2D eigenvalue weighted by molar-refractivity contribution is 0.0938.